The summed E-state index contributed by atoms with van der Waals surface area (Å²) in [5.41, 5.74) is 0.258. The summed E-state index contributed by atoms with van der Waals surface area (Å²) >= 11 is 0. The number of nitrogens with one attached hydrogen (secondary N) is 2. The van der Waals surface area contributed by atoms with Crippen LogP contribution in [0.25, 0.3) is 0 Å². The van der Waals surface area contributed by atoms with Gasteiger partial charge in [0.2, 0.25) is 10.0 Å². The van der Waals surface area contributed by atoms with Gasteiger partial charge in [-0.25, -0.2) is 8.42 Å². The molecule has 0 saturated carbocycles. The highest BCUT2D eigenvalue weighted by atomic mass is 32.2. The van der Waals surface area contributed by atoms with Crippen molar-refractivity contribution in [1.82, 2.24) is 20.1 Å². The Morgan fingerprint density at radius 2 is 1.87 bits per heavy atom. The first-order valence-electron chi connectivity index (χ1n) is 11.1. The quantitative estimate of drug-likeness (QED) is 0.686. The van der Waals surface area contributed by atoms with Crippen molar-refractivity contribution < 1.29 is 22.5 Å². The molecule has 9 nitrogen and oxygen atoms in total. The fourth-order valence-corrected chi connectivity index (χ4v) is 7.80. The van der Waals surface area contributed by atoms with Crippen LogP contribution in [0.5, 0.6) is 0 Å². The second-order valence-corrected chi connectivity index (χ2v) is 11.0. The minimum atomic E-state index is -3.27. The average molecular weight is 439 g/mol. The zero-order valence-electron chi connectivity index (χ0n) is 17.1. The van der Waals surface area contributed by atoms with Crippen LogP contribution in [0.1, 0.15) is 67.3 Å². The molecule has 4 aliphatic heterocycles. The molecule has 2 bridgehead atoms. The fraction of sp³-hybridized carbons (Fsp3) is 0.800. The zero-order chi connectivity index (χ0) is 20.7. The Morgan fingerprint density at radius 3 is 2.50 bits per heavy atom. The lowest BCUT2D eigenvalue weighted by atomic mass is 9.99. The monoisotopic (exact) mass is 438 g/mol. The SMILES string of the molecule is O=C(NC1C[C@H]2CC[C@@H](C1)N2S(=O)(=O)CC1CCNCC1)c1cc(C2CCO2)on1. The molecule has 1 amide bonds. The predicted octanol–water partition coefficient (Wildman–Crippen LogP) is 1.19. The van der Waals surface area contributed by atoms with E-state index in [1.165, 1.54) is 0 Å². The van der Waals surface area contributed by atoms with E-state index in [4.69, 9.17) is 9.26 Å². The normalized spacial score (nSPS) is 32.7. The molecule has 10 heteroatoms. The lowest BCUT2D eigenvalue weighted by Gasteiger charge is -2.39. The number of carbonyl (C=O) groups excluding carboxylic acids is 1. The van der Waals surface area contributed by atoms with E-state index in [2.05, 4.69) is 15.8 Å². The molecule has 0 spiro atoms. The van der Waals surface area contributed by atoms with E-state index in [0.717, 1.165) is 45.2 Å². The van der Waals surface area contributed by atoms with Crippen LogP contribution in [0.15, 0.2) is 10.6 Å². The highest BCUT2D eigenvalue weighted by molar-refractivity contribution is 7.89. The third-order valence-corrected chi connectivity index (χ3v) is 9.14. The minimum Gasteiger partial charge on any atom is -0.370 e. The van der Waals surface area contributed by atoms with E-state index in [1.807, 2.05) is 0 Å². The number of piperidine rings is 2. The Hall–Kier alpha value is -1.49. The van der Waals surface area contributed by atoms with Gasteiger partial charge in [0, 0.05) is 30.6 Å². The first-order chi connectivity index (χ1) is 14.5. The highest BCUT2D eigenvalue weighted by Gasteiger charge is 2.47. The van der Waals surface area contributed by atoms with Gasteiger partial charge in [0.25, 0.3) is 5.91 Å². The molecule has 0 radical (unpaired) electrons. The zero-order valence-corrected chi connectivity index (χ0v) is 17.9. The summed E-state index contributed by atoms with van der Waals surface area (Å²) in [7, 11) is -3.27. The number of fused-ring (bicyclic) bond motifs is 2. The van der Waals surface area contributed by atoms with Crippen LogP contribution in [0, 0.1) is 5.92 Å². The fourth-order valence-electron chi connectivity index (χ4n) is 5.41. The van der Waals surface area contributed by atoms with Crippen molar-refractivity contribution in [2.75, 3.05) is 25.4 Å². The van der Waals surface area contributed by atoms with Crippen molar-refractivity contribution in [2.45, 2.75) is 69.2 Å². The summed E-state index contributed by atoms with van der Waals surface area (Å²) in [4.78, 5) is 12.6. The van der Waals surface area contributed by atoms with E-state index in [1.54, 1.807) is 10.4 Å². The Balaban J connectivity index is 1.19. The topological polar surface area (TPSA) is 114 Å². The van der Waals surface area contributed by atoms with Gasteiger partial charge in [0.05, 0.1) is 12.4 Å². The molecule has 5 rings (SSSR count). The molecule has 5 heterocycles. The van der Waals surface area contributed by atoms with Crippen molar-refractivity contribution in [3.63, 3.8) is 0 Å². The van der Waals surface area contributed by atoms with Crippen LogP contribution < -0.4 is 10.6 Å². The van der Waals surface area contributed by atoms with Gasteiger partial charge in [-0.15, -0.1) is 0 Å². The lowest BCUT2D eigenvalue weighted by Crippen LogP contribution is -2.53. The lowest BCUT2D eigenvalue weighted by molar-refractivity contribution is -0.0670. The van der Waals surface area contributed by atoms with Crippen LogP contribution in [0.4, 0.5) is 0 Å². The molecule has 4 atom stereocenters. The minimum absolute atomic E-state index is 0.0167. The average Bonchev–Trinajstić information content (AvgIpc) is 3.25. The molecule has 4 aliphatic rings. The van der Waals surface area contributed by atoms with Gasteiger partial charge >= 0.3 is 0 Å². The molecule has 1 aromatic rings. The largest absolute Gasteiger partial charge is 0.370 e. The number of carbonyl (C=O) groups is 1. The summed E-state index contributed by atoms with van der Waals surface area (Å²) < 4.78 is 38.7. The molecular weight excluding hydrogens is 408 g/mol. The van der Waals surface area contributed by atoms with Crippen LogP contribution in [0.3, 0.4) is 0 Å². The standard InChI is InChI=1S/C20H30N4O5S/c25-20(17-11-19(29-23-17)18-5-8-28-18)22-14-9-15-1-2-16(10-14)24(15)30(26,27)12-13-3-6-21-7-4-13/h11,13-16,18,21H,1-10,12H2,(H,22,25)/t14?,15-,16+,18?. The van der Waals surface area contributed by atoms with E-state index < -0.39 is 10.0 Å². The number of sulfonamides is 1. The van der Waals surface area contributed by atoms with Gasteiger partial charge in [-0.05, 0) is 57.5 Å². The van der Waals surface area contributed by atoms with Crippen LogP contribution in [-0.4, -0.2) is 67.4 Å². The van der Waals surface area contributed by atoms with Crippen molar-refractivity contribution >= 4 is 15.9 Å². The third-order valence-electron chi connectivity index (χ3n) is 7.00. The molecule has 0 aliphatic carbocycles. The van der Waals surface area contributed by atoms with Crippen molar-refractivity contribution in [2.24, 2.45) is 5.92 Å². The maximum atomic E-state index is 13.1. The van der Waals surface area contributed by atoms with Gasteiger partial charge in [-0.2, -0.15) is 4.31 Å². The maximum absolute atomic E-state index is 13.1. The van der Waals surface area contributed by atoms with Gasteiger partial charge in [-0.3, -0.25) is 4.79 Å². The molecule has 30 heavy (non-hydrogen) atoms. The number of hydrogen-bond donors (Lipinski definition) is 2. The van der Waals surface area contributed by atoms with Crippen LogP contribution >= 0.6 is 0 Å². The van der Waals surface area contributed by atoms with Crippen LogP contribution in [-0.2, 0) is 14.8 Å². The Kier molecular flexibility index (Phi) is 5.59. The van der Waals surface area contributed by atoms with Crippen LogP contribution in [0.2, 0.25) is 0 Å². The summed E-state index contributed by atoms with van der Waals surface area (Å²) in [5.74, 6) is 0.822. The summed E-state index contributed by atoms with van der Waals surface area (Å²) in [5, 5.41) is 10.2. The number of hydrogen-bond acceptors (Lipinski definition) is 7. The van der Waals surface area contributed by atoms with E-state index in [9.17, 15) is 13.2 Å². The molecule has 2 unspecified atom stereocenters. The highest BCUT2D eigenvalue weighted by Crippen LogP contribution is 2.39. The van der Waals surface area contributed by atoms with Crippen molar-refractivity contribution in [1.29, 1.82) is 0 Å². The number of nitrogens with zero attached hydrogens (tertiary/aromatic N) is 2. The Bertz CT molecular complexity index is 864. The Labute approximate surface area is 176 Å². The molecule has 2 N–H and O–H groups in total. The van der Waals surface area contributed by atoms with Gasteiger partial charge in [0.15, 0.2) is 11.5 Å². The van der Waals surface area contributed by atoms with Crippen molar-refractivity contribution in [3.05, 3.63) is 17.5 Å². The second-order valence-electron chi connectivity index (χ2n) is 9.09. The van der Waals surface area contributed by atoms with Crippen molar-refractivity contribution in [3.8, 4) is 0 Å². The smallest absolute Gasteiger partial charge is 0.273 e. The van der Waals surface area contributed by atoms with Gasteiger partial charge in [-0.1, -0.05) is 5.16 Å². The van der Waals surface area contributed by atoms with E-state index >= 15 is 0 Å². The third kappa shape index (κ3) is 4.02. The van der Waals surface area contributed by atoms with E-state index in [-0.39, 0.29) is 47.5 Å². The predicted molar refractivity (Wildman–Crippen MR) is 108 cm³/mol. The molecule has 0 aromatic carbocycles. The van der Waals surface area contributed by atoms with E-state index in [0.29, 0.717) is 25.2 Å². The Morgan fingerprint density at radius 1 is 1.17 bits per heavy atom. The summed E-state index contributed by atoms with van der Waals surface area (Å²) in [6, 6.07) is 1.57. The first kappa shape index (κ1) is 20.4. The number of rotatable bonds is 6. The van der Waals surface area contributed by atoms with Gasteiger partial charge < -0.3 is 19.9 Å². The van der Waals surface area contributed by atoms with Gasteiger partial charge in [0.1, 0.15) is 6.10 Å². The second kappa shape index (κ2) is 8.22. The first-order valence-corrected chi connectivity index (χ1v) is 12.7. The number of amides is 1. The molecular formula is C20H30N4O5S. The number of aromatic nitrogens is 1. The molecule has 4 saturated heterocycles. The molecule has 4 fully saturated rings. The maximum Gasteiger partial charge on any atom is 0.273 e. The summed E-state index contributed by atoms with van der Waals surface area (Å²) in [6.07, 6.45) is 5.69. The summed E-state index contributed by atoms with van der Waals surface area (Å²) in [6.45, 7) is 2.50. The number of ether oxygens (including phenoxy) is 1. The molecule has 166 valence electrons. The molecule has 1 aromatic heterocycles.